The van der Waals surface area contributed by atoms with Crippen LogP contribution in [0.3, 0.4) is 0 Å². The smallest absolute Gasteiger partial charge is 0.330 e. The van der Waals surface area contributed by atoms with Gasteiger partial charge in [-0.2, -0.15) is 12.6 Å². The first-order valence-corrected chi connectivity index (χ1v) is 3.40. The Morgan fingerprint density at radius 1 is 1.64 bits per heavy atom. The van der Waals surface area contributed by atoms with Gasteiger partial charge < -0.3 is 10.4 Å². The van der Waals surface area contributed by atoms with Crippen LogP contribution in [0.25, 0.3) is 0 Å². The summed E-state index contributed by atoms with van der Waals surface area (Å²) in [6.45, 7) is 1.25. The lowest BCUT2D eigenvalue weighted by Crippen LogP contribution is -2.37. The lowest BCUT2D eigenvalue weighted by molar-refractivity contribution is -0.140. The van der Waals surface area contributed by atoms with Gasteiger partial charge in [0.2, 0.25) is 5.91 Å². The van der Waals surface area contributed by atoms with Gasteiger partial charge in [0.15, 0.2) is 0 Å². The van der Waals surface area contributed by atoms with Gasteiger partial charge in [-0.05, 0) is 11.5 Å². The maximum absolute atomic E-state index is 10.4. The molecule has 0 heterocycles. The minimum atomic E-state index is -1.11. The summed E-state index contributed by atoms with van der Waals surface area (Å²) in [7, 11) is 0. The fourth-order valence-electron chi connectivity index (χ4n) is 0.497. The van der Waals surface area contributed by atoms with Gasteiger partial charge in [-0.15, -0.1) is 0 Å². The highest BCUT2D eigenvalue weighted by atomic mass is 32.1. The highest BCUT2D eigenvalue weighted by Gasteiger charge is 2.13. The van der Waals surface area contributed by atoms with Crippen LogP contribution in [0.1, 0.15) is 6.92 Å². The van der Waals surface area contributed by atoms with Crippen molar-refractivity contribution < 1.29 is 14.7 Å². The number of hydrogen-bond acceptors (Lipinski definition) is 3. The molecule has 0 bridgehead atoms. The molecule has 62 valence electrons. The predicted octanol–water partition coefficient (Wildman–Crippen LogP) is 0.0192. The Labute approximate surface area is 69.7 Å². The highest BCUT2D eigenvalue weighted by Crippen LogP contribution is 1.88. The van der Waals surface area contributed by atoms with Gasteiger partial charge in [0, 0.05) is 6.92 Å². The first-order valence-electron chi connectivity index (χ1n) is 2.88. The maximum atomic E-state index is 10.4. The third kappa shape index (κ3) is 4.44. The largest absolute Gasteiger partial charge is 0.479 e. The van der Waals surface area contributed by atoms with Gasteiger partial charge in [0.25, 0.3) is 0 Å². The first kappa shape index (κ1) is 10.0. The standard InChI is InChI=1S/C6H9NO3S/c1-4(8)7-5(2-3-11)6(9)10/h2-3,5,11H,1H3,(H,7,8)(H,9,10). The summed E-state index contributed by atoms with van der Waals surface area (Å²) in [6, 6.07) is -0.981. The molecule has 1 amide bonds. The van der Waals surface area contributed by atoms with Gasteiger partial charge in [0.1, 0.15) is 6.04 Å². The highest BCUT2D eigenvalue weighted by molar-refractivity contribution is 7.83. The summed E-state index contributed by atoms with van der Waals surface area (Å²) in [4.78, 5) is 20.7. The normalized spacial score (nSPS) is 12.9. The molecule has 0 aromatic carbocycles. The van der Waals surface area contributed by atoms with Crippen molar-refractivity contribution in [1.29, 1.82) is 0 Å². The molecule has 0 radical (unpaired) electrons. The van der Waals surface area contributed by atoms with E-state index < -0.39 is 12.0 Å². The number of rotatable bonds is 3. The average Bonchev–Trinajstić information content (AvgIpc) is 1.86. The van der Waals surface area contributed by atoms with Crippen LogP contribution in [0.15, 0.2) is 11.5 Å². The molecule has 1 atom stereocenters. The molecule has 0 rings (SSSR count). The molecular weight excluding hydrogens is 166 g/mol. The van der Waals surface area contributed by atoms with Crippen molar-refractivity contribution in [3.05, 3.63) is 11.5 Å². The molecule has 0 aromatic rings. The Kier molecular flexibility index (Phi) is 4.36. The van der Waals surface area contributed by atoms with Crippen molar-refractivity contribution in [2.75, 3.05) is 0 Å². The number of hydrogen-bond donors (Lipinski definition) is 3. The van der Waals surface area contributed by atoms with E-state index in [0.29, 0.717) is 0 Å². The van der Waals surface area contributed by atoms with Gasteiger partial charge in [0.05, 0.1) is 0 Å². The van der Waals surface area contributed by atoms with Gasteiger partial charge in [-0.25, -0.2) is 4.79 Å². The summed E-state index contributed by atoms with van der Waals surface area (Å²) < 4.78 is 0. The second kappa shape index (κ2) is 4.79. The second-order valence-electron chi connectivity index (χ2n) is 1.86. The van der Waals surface area contributed by atoms with Crippen LogP contribution in [0.2, 0.25) is 0 Å². The second-order valence-corrected chi connectivity index (χ2v) is 2.16. The number of nitrogens with one attached hydrogen (secondary N) is 1. The number of carboxylic acids is 1. The molecule has 11 heavy (non-hydrogen) atoms. The lowest BCUT2D eigenvalue weighted by atomic mass is 10.3. The zero-order chi connectivity index (χ0) is 8.85. The fraction of sp³-hybridized carbons (Fsp3) is 0.333. The Morgan fingerprint density at radius 2 is 2.18 bits per heavy atom. The van der Waals surface area contributed by atoms with E-state index in [-0.39, 0.29) is 5.91 Å². The van der Waals surface area contributed by atoms with Crippen LogP contribution in [-0.4, -0.2) is 23.0 Å². The minimum absolute atomic E-state index is 0.385. The lowest BCUT2D eigenvalue weighted by Gasteiger charge is -2.06. The van der Waals surface area contributed by atoms with E-state index in [4.69, 9.17) is 5.11 Å². The van der Waals surface area contributed by atoms with Gasteiger partial charge in [-0.1, -0.05) is 0 Å². The number of carbonyl (C=O) groups is 2. The predicted molar refractivity (Wildman–Crippen MR) is 43.4 cm³/mol. The van der Waals surface area contributed by atoms with E-state index in [2.05, 4.69) is 17.9 Å². The Hall–Kier alpha value is -0.970. The van der Waals surface area contributed by atoms with Gasteiger partial charge >= 0.3 is 5.97 Å². The van der Waals surface area contributed by atoms with Crippen molar-refractivity contribution in [3.8, 4) is 0 Å². The Bertz CT molecular complexity index is 190. The zero-order valence-corrected chi connectivity index (χ0v) is 6.84. The first-order chi connectivity index (χ1) is 5.07. The fourth-order valence-corrected chi connectivity index (χ4v) is 0.669. The monoisotopic (exact) mass is 175 g/mol. The van der Waals surface area contributed by atoms with Gasteiger partial charge in [-0.3, -0.25) is 4.79 Å². The van der Waals surface area contributed by atoms with E-state index in [9.17, 15) is 9.59 Å². The molecule has 0 saturated heterocycles. The Morgan fingerprint density at radius 3 is 2.45 bits per heavy atom. The third-order valence-electron chi connectivity index (χ3n) is 0.903. The quantitative estimate of drug-likeness (QED) is 0.530. The summed E-state index contributed by atoms with van der Waals surface area (Å²) in [5, 5.41) is 11.9. The molecule has 0 fully saturated rings. The molecule has 4 nitrogen and oxygen atoms in total. The summed E-state index contributed by atoms with van der Waals surface area (Å²) in [5.74, 6) is -1.49. The average molecular weight is 175 g/mol. The van der Waals surface area contributed by atoms with E-state index in [1.54, 1.807) is 0 Å². The van der Waals surface area contributed by atoms with Crippen LogP contribution in [0, 0.1) is 0 Å². The van der Waals surface area contributed by atoms with Crippen molar-refractivity contribution in [2.24, 2.45) is 0 Å². The van der Waals surface area contributed by atoms with Crippen molar-refractivity contribution >= 4 is 24.5 Å². The van der Waals surface area contributed by atoms with Crippen LogP contribution in [0.5, 0.6) is 0 Å². The molecule has 0 aliphatic rings. The van der Waals surface area contributed by atoms with Crippen LogP contribution in [0.4, 0.5) is 0 Å². The molecule has 2 N–H and O–H groups in total. The summed E-state index contributed by atoms with van der Waals surface area (Å²) in [5.41, 5.74) is 0. The molecule has 1 unspecified atom stereocenters. The number of aliphatic carboxylic acids is 1. The van der Waals surface area contributed by atoms with Crippen molar-refractivity contribution in [1.82, 2.24) is 5.32 Å². The van der Waals surface area contributed by atoms with E-state index in [0.717, 1.165) is 0 Å². The van der Waals surface area contributed by atoms with E-state index >= 15 is 0 Å². The van der Waals surface area contributed by atoms with E-state index in [1.165, 1.54) is 18.4 Å². The summed E-state index contributed by atoms with van der Waals surface area (Å²) in [6.07, 6.45) is 1.27. The number of amides is 1. The third-order valence-corrected chi connectivity index (χ3v) is 1.08. The molecular formula is C6H9NO3S. The maximum Gasteiger partial charge on any atom is 0.330 e. The van der Waals surface area contributed by atoms with Crippen LogP contribution < -0.4 is 5.32 Å². The molecule has 0 aliphatic heterocycles. The molecule has 0 aromatic heterocycles. The zero-order valence-electron chi connectivity index (χ0n) is 5.94. The number of thiol groups is 1. The van der Waals surface area contributed by atoms with E-state index in [1.807, 2.05) is 0 Å². The van der Waals surface area contributed by atoms with Crippen molar-refractivity contribution in [3.63, 3.8) is 0 Å². The van der Waals surface area contributed by atoms with Crippen LogP contribution >= 0.6 is 12.6 Å². The Balaban J connectivity index is 4.11. The molecule has 5 heteroatoms. The SMILES string of the molecule is CC(=O)NC(C=CS)C(=O)O. The molecule has 0 spiro atoms. The van der Waals surface area contributed by atoms with Crippen LogP contribution in [-0.2, 0) is 9.59 Å². The summed E-state index contributed by atoms with van der Waals surface area (Å²) >= 11 is 3.68. The minimum Gasteiger partial charge on any atom is -0.479 e. The topological polar surface area (TPSA) is 66.4 Å². The molecule has 0 aliphatic carbocycles. The number of carboxylic acid groups (broad SMARTS) is 1. The molecule has 0 saturated carbocycles. The van der Waals surface area contributed by atoms with Crippen molar-refractivity contribution in [2.45, 2.75) is 13.0 Å². The number of carbonyl (C=O) groups excluding carboxylic acids is 1.